The molecular weight excluding hydrogens is 398 g/mol. The van der Waals surface area contributed by atoms with Crippen LogP contribution >= 0.6 is 11.6 Å². The highest BCUT2D eigenvalue weighted by Gasteiger charge is 2.15. The fourth-order valence-corrected chi connectivity index (χ4v) is 2.71. The van der Waals surface area contributed by atoms with Crippen LogP contribution in [0.3, 0.4) is 0 Å². The Labute approximate surface area is 171 Å². The van der Waals surface area contributed by atoms with Crippen molar-refractivity contribution in [3.8, 4) is 5.69 Å². The van der Waals surface area contributed by atoms with E-state index in [1.165, 1.54) is 17.3 Å². The van der Waals surface area contributed by atoms with E-state index in [-0.39, 0.29) is 18.7 Å². The highest BCUT2D eigenvalue weighted by Crippen LogP contribution is 2.24. The third kappa shape index (κ3) is 5.31. The summed E-state index contributed by atoms with van der Waals surface area (Å²) >= 11 is 6.02. The largest absolute Gasteiger partial charge is 0.452 e. The molecule has 3 N–H and O–H groups in total. The number of aliphatic hydroxyl groups excluding tert-OH is 1. The SMILES string of the molecule is O=C(COC(=O)c1ccccc1NCCO)Nc1cc(Cl)ccc1-n1cncn1. The predicted molar refractivity (Wildman–Crippen MR) is 107 cm³/mol. The first kappa shape index (κ1) is 20.3. The van der Waals surface area contributed by atoms with Gasteiger partial charge in [-0.05, 0) is 30.3 Å². The van der Waals surface area contributed by atoms with Crippen molar-refractivity contribution < 1.29 is 19.4 Å². The van der Waals surface area contributed by atoms with Crippen molar-refractivity contribution in [3.05, 3.63) is 65.7 Å². The van der Waals surface area contributed by atoms with E-state index >= 15 is 0 Å². The molecule has 0 aliphatic carbocycles. The van der Waals surface area contributed by atoms with E-state index in [4.69, 9.17) is 21.4 Å². The van der Waals surface area contributed by atoms with Crippen LogP contribution in [0.1, 0.15) is 10.4 Å². The average molecular weight is 416 g/mol. The molecule has 0 atom stereocenters. The molecule has 150 valence electrons. The van der Waals surface area contributed by atoms with Crippen molar-refractivity contribution in [1.29, 1.82) is 0 Å². The number of nitrogens with zero attached hydrogens (tertiary/aromatic N) is 3. The lowest BCUT2D eigenvalue weighted by Gasteiger charge is -2.13. The fourth-order valence-electron chi connectivity index (χ4n) is 2.54. The molecule has 29 heavy (non-hydrogen) atoms. The highest BCUT2D eigenvalue weighted by atomic mass is 35.5. The first-order valence-corrected chi connectivity index (χ1v) is 9.01. The van der Waals surface area contributed by atoms with Gasteiger partial charge in [-0.1, -0.05) is 23.7 Å². The number of aromatic nitrogens is 3. The summed E-state index contributed by atoms with van der Waals surface area (Å²) in [4.78, 5) is 28.5. The lowest BCUT2D eigenvalue weighted by molar-refractivity contribution is -0.119. The van der Waals surface area contributed by atoms with Gasteiger partial charge < -0.3 is 20.5 Å². The Morgan fingerprint density at radius 2 is 2.00 bits per heavy atom. The normalized spacial score (nSPS) is 10.4. The minimum atomic E-state index is -0.663. The van der Waals surface area contributed by atoms with E-state index in [1.54, 1.807) is 42.5 Å². The second kappa shape index (κ2) is 9.67. The van der Waals surface area contributed by atoms with Gasteiger partial charge in [0.2, 0.25) is 0 Å². The quantitative estimate of drug-likeness (QED) is 0.482. The minimum absolute atomic E-state index is 0.0838. The summed E-state index contributed by atoms with van der Waals surface area (Å²) in [5, 5.41) is 19.0. The summed E-state index contributed by atoms with van der Waals surface area (Å²) in [6.07, 6.45) is 2.85. The molecule has 9 nitrogen and oxygen atoms in total. The third-order valence-electron chi connectivity index (χ3n) is 3.81. The summed E-state index contributed by atoms with van der Waals surface area (Å²) in [6, 6.07) is 11.6. The van der Waals surface area contributed by atoms with E-state index in [2.05, 4.69) is 20.7 Å². The molecule has 0 aliphatic rings. The van der Waals surface area contributed by atoms with Gasteiger partial charge >= 0.3 is 5.97 Å². The van der Waals surface area contributed by atoms with E-state index in [1.807, 2.05) is 0 Å². The van der Waals surface area contributed by atoms with Gasteiger partial charge in [0.1, 0.15) is 12.7 Å². The molecule has 0 aliphatic heterocycles. The molecule has 10 heteroatoms. The van der Waals surface area contributed by atoms with Crippen molar-refractivity contribution in [2.24, 2.45) is 0 Å². The van der Waals surface area contributed by atoms with Crippen molar-refractivity contribution >= 4 is 34.9 Å². The molecule has 2 aromatic carbocycles. The van der Waals surface area contributed by atoms with Gasteiger partial charge in [-0.25, -0.2) is 14.5 Å². The Balaban J connectivity index is 1.66. The smallest absolute Gasteiger partial charge is 0.340 e. The molecule has 0 bridgehead atoms. The first-order chi connectivity index (χ1) is 14.1. The molecular formula is C19H18ClN5O4. The number of hydrogen-bond donors (Lipinski definition) is 3. The third-order valence-corrected chi connectivity index (χ3v) is 4.04. The van der Waals surface area contributed by atoms with E-state index in [0.717, 1.165) is 0 Å². The number of carbonyl (C=O) groups excluding carboxylic acids is 2. The fraction of sp³-hybridized carbons (Fsp3) is 0.158. The number of ether oxygens (including phenoxy) is 1. The van der Waals surface area contributed by atoms with Gasteiger partial charge in [0, 0.05) is 17.3 Å². The molecule has 0 saturated heterocycles. The van der Waals surface area contributed by atoms with Crippen LogP contribution in [0.15, 0.2) is 55.1 Å². The molecule has 1 heterocycles. The number of esters is 1. The maximum atomic E-state index is 12.3. The lowest BCUT2D eigenvalue weighted by atomic mass is 10.2. The number of carbonyl (C=O) groups is 2. The Hall–Kier alpha value is -3.43. The molecule has 1 aromatic heterocycles. The summed E-state index contributed by atoms with van der Waals surface area (Å²) in [5.74, 6) is -1.20. The Bertz CT molecular complexity index is 994. The van der Waals surface area contributed by atoms with Crippen LogP contribution in [0, 0.1) is 0 Å². The van der Waals surface area contributed by atoms with Crippen LogP contribution in [0.25, 0.3) is 5.69 Å². The average Bonchev–Trinajstić information content (AvgIpc) is 3.25. The van der Waals surface area contributed by atoms with Crippen molar-refractivity contribution in [1.82, 2.24) is 14.8 Å². The van der Waals surface area contributed by atoms with E-state index in [0.29, 0.717) is 22.1 Å². The van der Waals surface area contributed by atoms with Gasteiger partial charge in [0.25, 0.3) is 5.91 Å². The molecule has 3 aromatic rings. The molecule has 0 radical (unpaired) electrons. The molecule has 0 unspecified atom stereocenters. The number of nitrogens with one attached hydrogen (secondary N) is 2. The topological polar surface area (TPSA) is 118 Å². The van der Waals surface area contributed by atoms with Crippen molar-refractivity contribution in [3.63, 3.8) is 0 Å². The summed E-state index contributed by atoms with van der Waals surface area (Å²) in [7, 11) is 0. The van der Waals surface area contributed by atoms with Gasteiger partial charge in [0.05, 0.1) is 23.5 Å². The molecule has 3 rings (SSSR count). The zero-order chi connectivity index (χ0) is 20.6. The number of rotatable bonds is 8. The number of benzene rings is 2. The summed E-state index contributed by atoms with van der Waals surface area (Å²) in [5.41, 5.74) is 1.73. The zero-order valence-electron chi connectivity index (χ0n) is 15.2. The van der Waals surface area contributed by atoms with Crippen molar-refractivity contribution in [2.75, 3.05) is 30.4 Å². The highest BCUT2D eigenvalue weighted by molar-refractivity contribution is 6.31. The zero-order valence-corrected chi connectivity index (χ0v) is 16.0. The van der Waals surface area contributed by atoms with Crippen LogP contribution < -0.4 is 10.6 Å². The summed E-state index contributed by atoms with van der Waals surface area (Å²) < 4.78 is 6.60. The monoisotopic (exact) mass is 415 g/mol. The predicted octanol–water partition coefficient (Wildman–Crippen LogP) is 2.12. The second-order valence-corrected chi connectivity index (χ2v) is 6.26. The number of hydrogen-bond acceptors (Lipinski definition) is 7. The molecule has 0 fully saturated rings. The van der Waals surface area contributed by atoms with Crippen molar-refractivity contribution in [2.45, 2.75) is 0 Å². The van der Waals surface area contributed by atoms with Crippen LogP contribution in [-0.2, 0) is 9.53 Å². The number of anilines is 2. The minimum Gasteiger partial charge on any atom is -0.452 e. The Morgan fingerprint density at radius 1 is 1.17 bits per heavy atom. The van der Waals surface area contributed by atoms with E-state index < -0.39 is 18.5 Å². The van der Waals surface area contributed by atoms with Crippen LogP contribution in [-0.4, -0.2) is 51.5 Å². The standard InChI is InChI=1S/C19H18ClN5O4/c20-13-5-6-17(25-12-21-11-23-25)16(9-13)24-18(27)10-29-19(28)14-3-1-2-4-15(14)22-7-8-26/h1-6,9,11-12,22,26H,7-8,10H2,(H,24,27). The number of para-hydroxylation sites is 1. The van der Waals surface area contributed by atoms with Gasteiger partial charge in [-0.3, -0.25) is 4.79 Å². The summed E-state index contributed by atoms with van der Waals surface area (Å²) in [6.45, 7) is -0.291. The maximum Gasteiger partial charge on any atom is 0.340 e. The molecule has 0 spiro atoms. The second-order valence-electron chi connectivity index (χ2n) is 5.82. The number of aliphatic hydroxyl groups is 1. The number of amides is 1. The van der Waals surface area contributed by atoms with Crippen LogP contribution in [0.4, 0.5) is 11.4 Å². The molecule has 0 saturated carbocycles. The first-order valence-electron chi connectivity index (χ1n) is 8.64. The molecule has 1 amide bonds. The van der Waals surface area contributed by atoms with Gasteiger partial charge in [-0.2, -0.15) is 5.10 Å². The van der Waals surface area contributed by atoms with Gasteiger partial charge in [0.15, 0.2) is 6.61 Å². The van der Waals surface area contributed by atoms with Crippen LogP contribution in [0.2, 0.25) is 5.02 Å². The maximum absolute atomic E-state index is 12.3. The lowest BCUT2D eigenvalue weighted by Crippen LogP contribution is -2.22. The Morgan fingerprint density at radius 3 is 2.76 bits per heavy atom. The number of halogens is 1. The van der Waals surface area contributed by atoms with E-state index in [9.17, 15) is 9.59 Å². The van der Waals surface area contributed by atoms with Crippen LogP contribution in [0.5, 0.6) is 0 Å². The Kier molecular flexibility index (Phi) is 6.77. The van der Waals surface area contributed by atoms with Gasteiger partial charge in [-0.15, -0.1) is 0 Å².